The van der Waals surface area contributed by atoms with Crippen LogP contribution in [0.3, 0.4) is 0 Å². The van der Waals surface area contributed by atoms with Crippen LogP contribution in [0.5, 0.6) is 5.75 Å². The van der Waals surface area contributed by atoms with E-state index < -0.39 is 0 Å². The van der Waals surface area contributed by atoms with Gasteiger partial charge in [-0.1, -0.05) is 24.4 Å². The molecule has 1 aromatic carbocycles. The molecule has 1 rings (SSSR count). The maximum absolute atomic E-state index is 5.44. The van der Waals surface area contributed by atoms with E-state index in [0.29, 0.717) is 18.0 Å². The standard InChI is InChI=1S/C11H15NO2S/c1-2-13-8-14-10-5-3-9(4-6-10)7-11(12)15/h3-6H,2,7-8H2,1H3,(H2,12,15). The molecule has 0 aliphatic heterocycles. The van der Waals surface area contributed by atoms with Gasteiger partial charge < -0.3 is 15.2 Å². The van der Waals surface area contributed by atoms with Crippen molar-refractivity contribution in [2.24, 2.45) is 5.73 Å². The average Bonchev–Trinajstić information content (AvgIpc) is 2.20. The lowest BCUT2D eigenvalue weighted by molar-refractivity contribution is 0.0224. The summed E-state index contributed by atoms with van der Waals surface area (Å²) >= 11 is 4.82. The van der Waals surface area contributed by atoms with Gasteiger partial charge in [0, 0.05) is 13.0 Å². The zero-order chi connectivity index (χ0) is 11.1. The highest BCUT2D eigenvalue weighted by Gasteiger charge is 1.96. The fourth-order valence-electron chi connectivity index (χ4n) is 1.10. The Morgan fingerprint density at radius 2 is 2.00 bits per heavy atom. The number of benzene rings is 1. The molecule has 0 unspecified atom stereocenters. The van der Waals surface area contributed by atoms with Crippen LogP contribution in [0.4, 0.5) is 0 Å². The quantitative estimate of drug-likeness (QED) is 0.456. The van der Waals surface area contributed by atoms with Crippen molar-refractivity contribution in [3.8, 4) is 5.75 Å². The molecule has 0 spiro atoms. The summed E-state index contributed by atoms with van der Waals surface area (Å²) in [4.78, 5) is 0.498. The van der Waals surface area contributed by atoms with Crippen LogP contribution in [0.1, 0.15) is 12.5 Å². The van der Waals surface area contributed by atoms with E-state index in [-0.39, 0.29) is 6.79 Å². The maximum atomic E-state index is 5.44. The number of hydrogen-bond donors (Lipinski definition) is 1. The van der Waals surface area contributed by atoms with E-state index in [1.54, 1.807) is 0 Å². The zero-order valence-corrected chi connectivity index (χ0v) is 9.55. The number of rotatable bonds is 6. The monoisotopic (exact) mass is 225 g/mol. The molecule has 2 N–H and O–H groups in total. The lowest BCUT2D eigenvalue weighted by Crippen LogP contribution is -2.10. The van der Waals surface area contributed by atoms with Gasteiger partial charge >= 0.3 is 0 Å². The topological polar surface area (TPSA) is 44.5 Å². The summed E-state index contributed by atoms with van der Waals surface area (Å²) in [6.45, 7) is 2.86. The Morgan fingerprint density at radius 1 is 1.33 bits per heavy atom. The molecule has 1 aromatic rings. The molecular weight excluding hydrogens is 210 g/mol. The van der Waals surface area contributed by atoms with Crippen LogP contribution in [-0.4, -0.2) is 18.4 Å². The fourth-order valence-corrected chi connectivity index (χ4v) is 1.26. The van der Waals surface area contributed by atoms with Gasteiger partial charge in [-0.05, 0) is 24.6 Å². The second-order valence-corrected chi connectivity index (χ2v) is 3.57. The van der Waals surface area contributed by atoms with Gasteiger partial charge in [-0.25, -0.2) is 0 Å². The highest BCUT2D eigenvalue weighted by molar-refractivity contribution is 7.80. The van der Waals surface area contributed by atoms with Crippen molar-refractivity contribution in [1.29, 1.82) is 0 Å². The minimum Gasteiger partial charge on any atom is -0.468 e. The first-order valence-electron chi connectivity index (χ1n) is 4.80. The highest BCUT2D eigenvalue weighted by atomic mass is 32.1. The summed E-state index contributed by atoms with van der Waals surface area (Å²) in [7, 11) is 0. The van der Waals surface area contributed by atoms with Crippen molar-refractivity contribution in [2.75, 3.05) is 13.4 Å². The van der Waals surface area contributed by atoms with Crippen LogP contribution in [0.25, 0.3) is 0 Å². The highest BCUT2D eigenvalue weighted by Crippen LogP contribution is 2.12. The van der Waals surface area contributed by atoms with Gasteiger partial charge in [0.25, 0.3) is 0 Å². The van der Waals surface area contributed by atoms with Crippen molar-refractivity contribution in [3.63, 3.8) is 0 Å². The molecule has 15 heavy (non-hydrogen) atoms. The second-order valence-electron chi connectivity index (χ2n) is 3.04. The molecule has 3 nitrogen and oxygen atoms in total. The van der Waals surface area contributed by atoms with Gasteiger partial charge in [0.05, 0.1) is 4.99 Å². The van der Waals surface area contributed by atoms with E-state index in [1.807, 2.05) is 31.2 Å². The molecule has 0 aliphatic rings. The van der Waals surface area contributed by atoms with Crippen LogP contribution < -0.4 is 10.5 Å². The van der Waals surface area contributed by atoms with Gasteiger partial charge in [-0.2, -0.15) is 0 Å². The van der Waals surface area contributed by atoms with Gasteiger partial charge in [-0.15, -0.1) is 0 Å². The summed E-state index contributed by atoms with van der Waals surface area (Å²) < 4.78 is 10.4. The Labute approximate surface area is 95.2 Å². The lowest BCUT2D eigenvalue weighted by Gasteiger charge is -2.06. The largest absolute Gasteiger partial charge is 0.468 e. The summed E-state index contributed by atoms with van der Waals surface area (Å²) in [6.07, 6.45) is 0.626. The van der Waals surface area contributed by atoms with E-state index >= 15 is 0 Å². The van der Waals surface area contributed by atoms with Crippen LogP contribution in [0, 0.1) is 0 Å². The van der Waals surface area contributed by atoms with E-state index in [2.05, 4.69) is 0 Å². The maximum Gasteiger partial charge on any atom is 0.189 e. The zero-order valence-electron chi connectivity index (χ0n) is 8.73. The van der Waals surface area contributed by atoms with Crippen molar-refractivity contribution in [3.05, 3.63) is 29.8 Å². The molecule has 0 atom stereocenters. The molecule has 0 fully saturated rings. The Balaban J connectivity index is 2.45. The SMILES string of the molecule is CCOCOc1ccc(CC(N)=S)cc1. The van der Waals surface area contributed by atoms with E-state index in [0.717, 1.165) is 11.3 Å². The molecule has 0 bridgehead atoms. The molecule has 0 aromatic heterocycles. The normalized spacial score (nSPS) is 9.93. The summed E-state index contributed by atoms with van der Waals surface area (Å²) in [5, 5.41) is 0. The molecule has 0 saturated carbocycles. The minimum absolute atomic E-state index is 0.283. The third-order valence-electron chi connectivity index (χ3n) is 1.81. The number of nitrogens with two attached hydrogens (primary N) is 1. The molecular formula is C11H15NO2S. The minimum atomic E-state index is 0.283. The fraction of sp³-hybridized carbons (Fsp3) is 0.364. The van der Waals surface area contributed by atoms with E-state index in [1.165, 1.54) is 0 Å². The molecule has 0 amide bonds. The van der Waals surface area contributed by atoms with Crippen LogP contribution in [0.2, 0.25) is 0 Å². The summed E-state index contributed by atoms with van der Waals surface area (Å²) in [5.74, 6) is 0.787. The number of hydrogen-bond acceptors (Lipinski definition) is 3. The first-order valence-corrected chi connectivity index (χ1v) is 5.21. The van der Waals surface area contributed by atoms with Crippen LogP contribution >= 0.6 is 12.2 Å². The Morgan fingerprint density at radius 3 is 2.53 bits per heavy atom. The number of thiocarbonyl (C=S) groups is 1. The van der Waals surface area contributed by atoms with Gasteiger partial charge in [0.2, 0.25) is 0 Å². The molecule has 4 heteroatoms. The smallest absolute Gasteiger partial charge is 0.189 e. The molecule has 0 heterocycles. The summed E-state index contributed by atoms with van der Waals surface area (Å²) in [6, 6.07) is 7.65. The van der Waals surface area contributed by atoms with Crippen molar-refractivity contribution in [1.82, 2.24) is 0 Å². The molecule has 82 valence electrons. The molecule has 0 radical (unpaired) electrons. The first kappa shape index (κ1) is 11.9. The van der Waals surface area contributed by atoms with Crippen molar-refractivity contribution < 1.29 is 9.47 Å². The van der Waals surface area contributed by atoms with Crippen LogP contribution in [0.15, 0.2) is 24.3 Å². The Hall–Kier alpha value is -1.13. The van der Waals surface area contributed by atoms with Gasteiger partial charge in [0.1, 0.15) is 5.75 Å². The van der Waals surface area contributed by atoms with E-state index in [4.69, 9.17) is 27.4 Å². The summed E-state index contributed by atoms with van der Waals surface area (Å²) in [5.41, 5.74) is 6.53. The average molecular weight is 225 g/mol. The predicted molar refractivity (Wildman–Crippen MR) is 64.1 cm³/mol. The van der Waals surface area contributed by atoms with Gasteiger partial charge in [-0.3, -0.25) is 0 Å². The van der Waals surface area contributed by atoms with Crippen molar-refractivity contribution >= 4 is 17.2 Å². The number of ether oxygens (including phenoxy) is 2. The predicted octanol–water partition coefficient (Wildman–Crippen LogP) is 1.89. The lowest BCUT2D eigenvalue weighted by atomic mass is 10.1. The van der Waals surface area contributed by atoms with Gasteiger partial charge in [0.15, 0.2) is 6.79 Å². The second kappa shape index (κ2) is 6.37. The molecule has 0 saturated heterocycles. The Kier molecular flexibility index (Phi) is 5.07. The Bertz CT molecular complexity index is 311. The van der Waals surface area contributed by atoms with E-state index in [9.17, 15) is 0 Å². The third kappa shape index (κ3) is 4.76. The molecule has 0 aliphatic carbocycles. The first-order chi connectivity index (χ1) is 7.22. The third-order valence-corrected chi connectivity index (χ3v) is 1.96. The van der Waals surface area contributed by atoms with Crippen LogP contribution in [-0.2, 0) is 11.2 Å². The van der Waals surface area contributed by atoms with Crippen molar-refractivity contribution in [2.45, 2.75) is 13.3 Å².